The Morgan fingerprint density at radius 1 is 1.14 bits per heavy atom. The van der Waals surface area contributed by atoms with Gasteiger partial charge in [-0.15, -0.1) is 11.3 Å². The van der Waals surface area contributed by atoms with Crippen LogP contribution < -0.4 is 0 Å². The van der Waals surface area contributed by atoms with Crippen molar-refractivity contribution in [2.45, 2.75) is 6.92 Å². The average Bonchev–Trinajstić information content (AvgIpc) is 2.59. The highest BCUT2D eigenvalue weighted by atomic mass is 32.1. The Labute approximate surface area is 86.0 Å². The maximum Gasteiger partial charge on any atom is 0.0386 e. The van der Waals surface area contributed by atoms with Gasteiger partial charge in [0.05, 0.1) is 0 Å². The number of benzene rings is 1. The molecule has 0 aliphatic heterocycles. The number of aryl methyl sites for hydroxylation is 1. The molecule has 0 fully saturated rings. The summed E-state index contributed by atoms with van der Waals surface area (Å²) in [5.41, 5.74) is 1.35. The number of hydrogen-bond acceptors (Lipinski definition) is 2. The maximum atomic E-state index is 4.17. The molecule has 0 bridgehead atoms. The predicted molar refractivity (Wildman–Crippen MR) is 61.9 cm³/mol. The summed E-state index contributed by atoms with van der Waals surface area (Å²) in [4.78, 5) is 4.17. The minimum atomic E-state index is 1.27. The largest absolute Gasteiger partial charge is 0.264 e. The van der Waals surface area contributed by atoms with Gasteiger partial charge in [-0.2, -0.15) is 0 Å². The van der Waals surface area contributed by atoms with Crippen molar-refractivity contribution in [1.82, 2.24) is 4.98 Å². The number of pyridine rings is 1. The van der Waals surface area contributed by atoms with Crippen LogP contribution in [0.2, 0.25) is 0 Å². The predicted octanol–water partition coefficient (Wildman–Crippen LogP) is 3.76. The van der Waals surface area contributed by atoms with Gasteiger partial charge in [-0.05, 0) is 18.6 Å². The molecule has 0 amide bonds. The standard InChI is InChI=1S/C12H9NS/c1-8-3-2-4-9-10-7-13-6-5-11(10)14-12(8)9/h2-7H,1H3. The van der Waals surface area contributed by atoms with E-state index in [1.807, 2.05) is 23.7 Å². The summed E-state index contributed by atoms with van der Waals surface area (Å²) in [6.07, 6.45) is 3.81. The van der Waals surface area contributed by atoms with E-state index in [1.165, 1.54) is 25.7 Å². The van der Waals surface area contributed by atoms with Crippen LogP contribution in [-0.2, 0) is 0 Å². The van der Waals surface area contributed by atoms with E-state index < -0.39 is 0 Å². The molecular weight excluding hydrogens is 190 g/mol. The molecule has 0 saturated carbocycles. The first kappa shape index (κ1) is 7.94. The summed E-state index contributed by atoms with van der Waals surface area (Å²) in [5, 5.41) is 2.61. The smallest absolute Gasteiger partial charge is 0.0386 e. The fraction of sp³-hybridized carbons (Fsp3) is 0.0833. The minimum absolute atomic E-state index is 1.27. The van der Waals surface area contributed by atoms with Crippen molar-refractivity contribution >= 4 is 31.5 Å². The topological polar surface area (TPSA) is 12.9 Å². The van der Waals surface area contributed by atoms with Crippen LogP contribution in [0, 0.1) is 6.92 Å². The van der Waals surface area contributed by atoms with Gasteiger partial charge in [-0.1, -0.05) is 18.2 Å². The van der Waals surface area contributed by atoms with Crippen LogP contribution in [0.5, 0.6) is 0 Å². The Morgan fingerprint density at radius 2 is 2.07 bits per heavy atom. The number of fused-ring (bicyclic) bond motifs is 3. The van der Waals surface area contributed by atoms with Crippen molar-refractivity contribution in [2.75, 3.05) is 0 Å². The Morgan fingerprint density at radius 3 is 3.00 bits per heavy atom. The second-order valence-corrected chi connectivity index (χ2v) is 4.48. The molecule has 68 valence electrons. The molecule has 0 aliphatic carbocycles. The van der Waals surface area contributed by atoms with E-state index in [4.69, 9.17) is 0 Å². The van der Waals surface area contributed by atoms with Crippen molar-refractivity contribution in [3.8, 4) is 0 Å². The summed E-state index contributed by atoms with van der Waals surface area (Å²) in [5.74, 6) is 0. The molecule has 0 unspecified atom stereocenters. The Hall–Kier alpha value is -1.41. The first-order valence-electron chi connectivity index (χ1n) is 4.58. The summed E-state index contributed by atoms with van der Waals surface area (Å²) < 4.78 is 2.71. The van der Waals surface area contributed by atoms with Crippen LogP contribution in [0.1, 0.15) is 5.56 Å². The van der Waals surface area contributed by atoms with Crippen molar-refractivity contribution in [3.05, 3.63) is 42.2 Å². The van der Waals surface area contributed by atoms with Crippen LogP contribution in [0.3, 0.4) is 0 Å². The molecule has 0 atom stereocenters. The fourth-order valence-corrected chi connectivity index (χ4v) is 2.92. The molecule has 0 spiro atoms. The molecule has 2 heterocycles. The number of rotatable bonds is 0. The third-order valence-electron chi connectivity index (χ3n) is 2.50. The second-order valence-electron chi connectivity index (χ2n) is 3.43. The minimum Gasteiger partial charge on any atom is -0.264 e. The van der Waals surface area contributed by atoms with Crippen molar-refractivity contribution in [1.29, 1.82) is 0 Å². The van der Waals surface area contributed by atoms with Gasteiger partial charge in [-0.3, -0.25) is 4.98 Å². The first-order valence-corrected chi connectivity index (χ1v) is 5.40. The van der Waals surface area contributed by atoms with Gasteiger partial charge >= 0.3 is 0 Å². The van der Waals surface area contributed by atoms with Crippen molar-refractivity contribution in [2.24, 2.45) is 0 Å². The summed E-state index contributed by atoms with van der Waals surface area (Å²) in [6, 6.07) is 8.52. The number of aromatic nitrogens is 1. The molecule has 1 aromatic carbocycles. The maximum absolute atomic E-state index is 4.17. The molecule has 3 rings (SSSR count). The highest BCUT2D eigenvalue weighted by Gasteiger charge is 2.05. The van der Waals surface area contributed by atoms with Crippen LogP contribution in [0.15, 0.2) is 36.7 Å². The molecule has 0 N–H and O–H groups in total. The van der Waals surface area contributed by atoms with Gasteiger partial charge in [-0.25, -0.2) is 0 Å². The molecule has 0 saturated heterocycles. The molecule has 0 radical (unpaired) electrons. The van der Waals surface area contributed by atoms with Gasteiger partial charge in [0.1, 0.15) is 0 Å². The van der Waals surface area contributed by atoms with E-state index in [-0.39, 0.29) is 0 Å². The Kier molecular flexibility index (Phi) is 1.58. The average molecular weight is 199 g/mol. The highest BCUT2D eigenvalue weighted by Crippen LogP contribution is 2.34. The Bertz CT molecular complexity index is 610. The summed E-state index contributed by atoms with van der Waals surface area (Å²) >= 11 is 1.85. The zero-order valence-electron chi connectivity index (χ0n) is 7.82. The normalized spacial score (nSPS) is 11.2. The van der Waals surface area contributed by atoms with E-state index in [0.717, 1.165) is 0 Å². The number of thiophene rings is 1. The van der Waals surface area contributed by atoms with Crippen molar-refractivity contribution < 1.29 is 0 Å². The summed E-state index contributed by atoms with van der Waals surface area (Å²) in [7, 11) is 0. The fourth-order valence-electron chi connectivity index (χ4n) is 1.78. The molecule has 2 aromatic heterocycles. The number of hydrogen-bond donors (Lipinski definition) is 0. The van der Waals surface area contributed by atoms with E-state index in [0.29, 0.717) is 0 Å². The lowest BCUT2D eigenvalue weighted by Gasteiger charge is -1.93. The van der Waals surface area contributed by atoms with Crippen LogP contribution in [0.4, 0.5) is 0 Å². The van der Waals surface area contributed by atoms with E-state index in [2.05, 4.69) is 36.2 Å². The lowest BCUT2D eigenvalue weighted by Crippen LogP contribution is -1.71. The lowest BCUT2D eigenvalue weighted by atomic mass is 10.1. The van der Waals surface area contributed by atoms with E-state index in [9.17, 15) is 0 Å². The highest BCUT2D eigenvalue weighted by molar-refractivity contribution is 7.26. The SMILES string of the molecule is Cc1cccc2c1sc1ccncc12. The second kappa shape index (κ2) is 2.79. The zero-order valence-corrected chi connectivity index (χ0v) is 8.64. The van der Waals surface area contributed by atoms with Gasteiger partial charge in [0.15, 0.2) is 0 Å². The number of nitrogens with zero attached hydrogens (tertiary/aromatic N) is 1. The monoisotopic (exact) mass is 199 g/mol. The zero-order chi connectivity index (χ0) is 9.54. The molecule has 2 heteroatoms. The van der Waals surface area contributed by atoms with Crippen molar-refractivity contribution in [3.63, 3.8) is 0 Å². The molecule has 0 aliphatic rings. The van der Waals surface area contributed by atoms with E-state index >= 15 is 0 Å². The van der Waals surface area contributed by atoms with Crippen LogP contribution in [0.25, 0.3) is 20.2 Å². The first-order chi connectivity index (χ1) is 6.86. The third kappa shape index (κ3) is 0.976. The molecule has 1 nitrogen and oxygen atoms in total. The van der Waals surface area contributed by atoms with Gasteiger partial charge in [0, 0.05) is 32.6 Å². The quantitative estimate of drug-likeness (QED) is 0.537. The van der Waals surface area contributed by atoms with E-state index in [1.54, 1.807) is 0 Å². The summed E-state index contributed by atoms with van der Waals surface area (Å²) in [6.45, 7) is 2.16. The molecule has 3 aromatic rings. The Balaban J connectivity index is 2.63. The van der Waals surface area contributed by atoms with Gasteiger partial charge < -0.3 is 0 Å². The van der Waals surface area contributed by atoms with Crippen LogP contribution >= 0.6 is 11.3 Å². The lowest BCUT2D eigenvalue weighted by molar-refractivity contribution is 1.37. The molecule has 14 heavy (non-hydrogen) atoms. The van der Waals surface area contributed by atoms with Crippen LogP contribution in [-0.4, -0.2) is 4.98 Å². The van der Waals surface area contributed by atoms with Gasteiger partial charge in [0.2, 0.25) is 0 Å². The molecular formula is C12H9NS. The van der Waals surface area contributed by atoms with Gasteiger partial charge in [0.25, 0.3) is 0 Å². The third-order valence-corrected chi connectivity index (χ3v) is 3.82.